The molecule has 20 heavy (non-hydrogen) atoms. The fourth-order valence-corrected chi connectivity index (χ4v) is 2.67. The van der Waals surface area contributed by atoms with Crippen molar-refractivity contribution in [2.45, 2.75) is 50.7 Å². The minimum Gasteiger partial charge on any atom is -0.374 e. The van der Waals surface area contributed by atoms with Crippen LogP contribution in [0.4, 0.5) is 0 Å². The lowest BCUT2D eigenvalue weighted by Crippen LogP contribution is -2.49. The molecule has 1 aliphatic rings. The van der Waals surface area contributed by atoms with Gasteiger partial charge >= 0.3 is 0 Å². The van der Waals surface area contributed by atoms with E-state index in [1.165, 1.54) is 11.1 Å². The van der Waals surface area contributed by atoms with Gasteiger partial charge in [0.15, 0.2) is 0 Å². The van der Waals surface area contributed by atoms with Crippen LogP contribution >= 0.6 is 0 Å². The van der Waals surface area contributed by atoms with Crippen molar-refractivity contribution in [3.05, 3.63) is 35.4 Å². The molecular formula is C16H24N2O2. The smallest absolute Gasteiger partial charge is 0.237 e. The Bertz CT molecular complexity index is 471. The second-order valence-electron chi connectivity index (χ2n) is 5.84. The van der Waals surface area contributed by atoms with Crippen LogP contribution < -0.4 is 11.5 Å². The number of carbonyl (C=O) groups excluding carboxylic acids is 1. The minimum atomic E-state index is -0.937. The largest absolute Gasteiger partial charge is 0.374 e. The summed E-state index contributed by atoms with van der Waals surface area (Å²) in [5.74, 6) is -0.458. The summed E-state index contributed by atoms with van der Waals surface area (Å²) in [4.78, 5) is 11.1. The molecule has 0 saturated carbocycles. The van der Waals surface area contributed by atoms with Crippen molar-refractivity contribution in [1.82, 2.24) is 0 Å². The second-order valence-corrected chi connectivity index (χ2v) is 5.84. The molecule has 0 heterocycles. The van der Waals surface area contributed by atoms with Crippen molar-refractivity contribution < 1.29 is 9.53 Å². The highest BCUT2D eigenvalue weighted by Crippen LogP contribution is 2.32. The number of hydrogen-bond donors (Lipinski definition) is 2. The molecular weight excluding hydrogens is 252 g/mol. The molecule has 2 unspecified atom stereocenters. The standard InChI is InChI=1S/C16H24N2O2/c1-16(18,15(17)19)10-5-11-20-14-9-4-7-12-6-2-3-8-13(12)14/h2-3,6,8,14H,4-5,7,9-11,18H2,1H3,(H2,17,19). The Morgan fingerprint density at radius 1 is 1.45 bits per heavy atom. The van der Waals surface area contributed by atoms with Crippen LogP contribution in [0.25, 0.3) is 0 Å². The number of rotatable bonds is 6. The van der Waals surface area contributed by atoms with Crippen molar-refractivity contribution in [2.24, 2.45) is 11.5 Å². The molecule has 0 aromatic heterocycles. The van der Waals surface area contributed by atoms with Gasteiger partial charge in [-0.3, -0.25) is 4.79 Å². The molecule has 2 atom stereocenters. The average Bonchev–Trinajstić information content (AvgIpc) is 2.43. The molecule has 1 amide bonds. The summed E-state index contributed by atoms with van der Waals surface area (Å²) in [7, 11) is 0. The maximum atomic E-state index is 11.1. The monoisotopic (exact) mass is 276 g/mol. The third-order valence-electron chi connectivity index (χ3n) is 4.04. The number of ether oxygens (including phenoxy) is 1. The van der Waals surface area contributed by atoms with Crippen LogP contribution in [0.15, 0.2) is 24.3 Å². The SMILES string of the molecule is CC(N)(CCCOC1CCCc2ccccc21)C(N)=O. The van der Waals surface area contributed by atoms with Crippen molar-refractivity contribution in [3.63, 3.8) is 0 Å². The Morgan fingerprint density at radius 2 is 2.20 bits per heavy atom. The molecule has 0 fully saturated rings. The van der Waals surface area contributed by atoms with E-state index in [2.05, 4.69) is 24.3 Å². The topological polar surface area (TPSA) is 78.3 Å². The Labute approximate surface area is 120 Å². The van der Waals surface area contributed by atoms with Crippen molar-refractivity contribution >= 4 is 5.91 Å². The molecule has 2 rings (SSSR count). The quantitative estimate of drug-likeness (QED) is 0.781. The maximum Gasteiger partial charge on any atom is 0.237 e. The van der Waals surface area contributed by atoms with E-state index in [0.29, 0.717) is 13.0 Å². The van der Waals surface area contributed by atoms with E-state index in [-0.39, 0.29) is 6.10 Å². The van der Waals surface area contributed by atoms with Gasteiger partial charge in [0.05, 0.1) is 11.6 Å². The number of hydrogen-bond acceptors (Lipinski definition) is 3. The normalized spacial score (nSPS) is 21.0. The average molecular weight is 276 g/mol. The first-order valence-electron chi connectivity index (χ1n) is 7.29. The van der Waals surface area contributed by atoms with Crippen LogP contribution in [-0.4, -0.2) is 18.1 Å². The first kappa shape index (κ1) is 15.0. The number of amides is 1. The van der Waals surface area contributed by atoms with Gasteiger partial charge in [-0.15, -0.1) is 0 Å². The Balaban J connectivity index is 1.83. The summed E-state index contributed by atoms with van der Waals surface area (Å²) in [6.45, 7) is 2.28. The third kappa shape index (κ3) is 3.58. The van der Waals surface area contributed by atoms with Crippen LogP contribution in [0.5, 0.6) is 0 Å². The lowest BCUT2D eigenvalue weighted by Gasteiger charge is -2.26. The summed E-state index contributed by atoms with van der Waals surface area (Å²) in [5, 5.41) is 0. The minimum absolute atomic E-state index is 0.178. The number of fused-ring (bicyclic) bond motifs is 1. The summed E-state index contributed by atoms with van der Waals surface area (Å²) < 4.78 is 5.98. The Kier molecular flexibility index (Phi) is 4.78. The van der Waals surface area contributed by atoms with Gasteiger partial charge in [0.1, 0.15) is 0 Å². The molecule has 1 aliphatic carbocycles. The predicted octanol–water partition coefficient (Wildman–Crippen LogP) is 2.06. The Morgan fingerprint density at radius 3 is 2.95 bits per heavy atom. The molecule has 1 aromatic rings. The third-order valence-corrected chi connectivity index (χ3v) is 4.04. The molecule has 1 aromatic carbocycles. The van der Waals surface area contributed by atoms with Crippen LogP contribution in [-0.2, 0) is 16.0 Å². The summed E-state index contributed by atoms with van der Waals surface area (Å²) in [5.41, 5.74) is 12.8. The van der Waals surface area contributed by atoms with Gasteiger partial charge in [-0.2, -0.15) is 0 Å². The van der Waals surface area contributed by atoms with Crippen LogP contribution in [0.3, 0.4) is 0 Å². The lowest BCUT2D eigenvalue weighted by atomic mass is 9.89. The fraction of sp³-hybridized carbons (Fsp3) is 0.562. The summed E-state index contributed by atoms with van der Waals surface area (Å²) in [6, 6.07) is 8.46. The highest BCUT2D eigenvalue weighted by molar-refractivity contribution is 5.83. The molecule has 4 nitrogen and oxygen atoms in total. The summed E-state index contributed by atoms with van der Waals surface area (Å²) >= 11 is 0. The van der Waals surface area contributed by atoms with E-state index >= 15 is 0 Å². The van der Waals surface area contributed by atoms with E-state index in [9.17, 15) is 4.79 Å². The zero-order valence-electron chi connectivity index (χ0n) is 12.1. The van der Waals surface area contributed by atoms with Crippen molar-refractivity contribution in [1.29, 1.82) is 0 Å². The van der Waals surface area contributed by atoms with E-state index in [1.807, 2.05) is 0 Å². The molecule has 4 heteroatoms. The molecule has 0 bridgehead atoms. The van der Waals surface area contributed by atoms with Crippen molar-refractivity contribution in [2.75, 3.05) is 6.61 Å². The van der Waals surface area contributed by atoms with Gasteiger partial charge in [-0.1, -0.05) is 24.3 Å². The van der Waals surface area contributed by atoms with Gasteiger partial charge in [-0.05, 0) is 50.2 Å². The Hall–Kier alpha value is -1.39. The van der Waals surface area contributed by atoms with Gasteiger partial charge in [0.25, 0.3) is 0 Å². The fourth-order valence-electron chi connectivity index (χ4n) is 2.67. The molecule has 4 N–H and O–H groups in total. The highest BCUT2D eigenvalue weighted by atomic mass is 16.5. The van der Waals surface area contributed by atoms with Crippen LogP contribution in [0.2, 0.25) is 0 Å². The van der Waals surface area contributed by atoms with Gasteiger partial charge in [-0.25, -0.2) is 0 Å². The second kappa shape index (κ2) is 6.37. The van der Waals surface area contributed by atoms with Crippen molar-refractivity contribution in [3.8, 4) is 0 Å². The molecule has 0 radical (unpaired) electrons. The number of carbonyl (C=O) groups is 1. The molecule has 0 saturated heterocycles. The summed E-state index contributed by atoms with van der Waals surface area (Å²) in [6.07, 6.45) is 4.84. The maximum absolute atomic E-state index is 11.1. The number of primary amides is 1. The van der Waals surface area contributed by atoms with Gasteiger partial charge < -0.3 is 16.2 Å². The zero-order chi connectivity index (χ0) is 14.6. The van der Waals surface area contributed by atoms with Crippen LogP contribution in [0, 0.1) is 0 Å². The first-order valence-corrected chi connectivity index (χ1v) is 7.29. The lowest BCUT2D eigenvalue weighted by molar-refractivity contribution is -0.122. The molecule has 0 aliphatic heterocycles. The van der Waals surface area contributed by atoms with E-state index < -0.39 is 11.4 Å². The predicted molar refractivity (Wildman–Crippen MR) is 79.1 cm³/mol. The zero-order valence-corrected chi connectivity index (χ0v) is 12.1. The van der Waals surface area contributed by atoms with Crippen LogP contribution in [0.1, 0.15) is 49.8 Å². The van der Waals surface area contributed by atoms with E-state index in [0.717, 1.165) is 25.7 Å². The molecule has 0 spiro atoms. The number of nitrogens with two attached hydrogens (primary N) is 2. The number of benzene rings is 1. The first-order chi connectivity index (χ1) is 9.50. The molecule has 110 valence electrons. The number of aryl methyl sites for hydroxylation is 1. The van der Waals surface area contributed by atoms with E-state index in [4.69, 9.17) is 16.2 Å². The van der Waals surface area contributed by atoms with Gasteiger partial charge in [0, 0.05) is 6.61 Å². The van der Waals surface area contributed by atoms with Gasteiger partial charge in [0.2, 0.25) is 5.91 Å². The highest BCUT2D eigenvalue weighted by Gasteiger charge is 2.25. The van der Waals surface area contributed by atoms with E-state index in [1.54, 1.807) is 6.92 Å².